The Morgan fingerprint density at radius 1 is 0.900 bits per heavy atom. The van der Waals surface area contributed by atoms with Gasteiger partial charge in [-0.1, -0.05) is 54.6 Å². The van der Waals surface area contributed by atoms with E-state index in [0.717, 1.165) is 11.1 Å². The zero-order chi connectivity index (χ0) is 21.8. The highest BCUT2D eigenvalue weighted by Gasteiger charge is 2.23. The molecular weight excluding hydrogens is 396 g/mol. The molecule has 0 radical (unpaired) electrons. The first-order valence-electron chi connectivity index (χ1n) is 9.71. The van der Waals surface area contributed by atoms with Crippen molar-refractivity contribution in [2.75, 3.05) is 4.72 Å². The summed E-state index contributed by atoms with van der Waals surface area (Å²) in [7, 11) is -3.74. The van der Waals surface area contributed by atoms with E-state index in [1.54, 1.807) is 43.3 Å². The highest BCUT2D eigenvalue weighted by molar-refractivity contribution is 7.92. The van der Waals surface area contributed by atoms with Crippen LogP contribution in [-0.4, -0.2) is 19.9 Å². The van der Waals surface area contributed by atoms with Gasteiger partial charge in [0.2, 0.25) is 0 Å². The smallest absolute Gasteiger partial charge is 0.261 e. The molecule has 0 atom stereocenters. The molecule has 5 nitrogen and oxygen atoms in total. The summed E-state index contributed by atoms with van der Waals surface area (Å²) < 4.78 is 27.9. The normalized spacial score (nSPS) is 11.7. The zero-order valence-corrected chi connectivity index (χ0v) is 18.2. The van der Waals surface area contributed by atoms with Gasteiger partial charge in [-0.15, -0.1) is 0 Å². The van der Waals surface area contributed by atoms with E-state index in [0.29, 0.717) is 17.7 Å². The van der Waals surface area contributed by atoms with Gasteiger partial charge in [0, 0.05) is 11.1 Å². The van der Waals surface area contributed by atoms with Gasteiger partial charge in [-0.05, 0) is 62.6 Å². The molecule has 6 heteroatoms. The molecule has 3 rings (SSSR count). The molecule has 0 fully saturated rings. The number of hydrogen-bond donors (Lipinski definition) is 2. The van der Waals surface area contributed by atoms with Crippen LogP contribution in [0.15, 0.2) is 83.8 Å². The second kappa shape index (κ2) is 8.71. The Bertz CT molecular complexity index is 1130. The van der Waals surface area contributed by atoms with E-state index >= 15 is 0 Å². The molecule has 0 spiro atoms. The predicted octanol–water partition coefficient (Wildman–Crippen LogP) is 4.55. The molecule has 0 aliphatic carbocycles. The second-order valence-corrected chi connectivity index (χ2v) is 9.63. The van der Waals surface area contributed by atoms with E-state index in [2.05, 4.69) is 10.0 Å². The lowest BCUT2D eigenvalue weighted by Crippen LogP contribution is -2.45. The quantitative estimate of drug-likeness (QED) is 0.587. The Balaban J connectivity index is 1.78. The van der Waals surface area contributed by atoms with Crippen molar-refractivity contribution in [3.8, 4) is 0 Å². The lowest BCUT2D eigenvalue weighted by molar-refractivity contribution is 0.0913. The van der Waals surface area contributed by atoms with Gasteiger partial charge in [0.15, 0.2) is 0 Å². The van der Waals surface area contributed by atoms with Gasteiger partial charge in [0.1, 0.15) is 0 Å². The van der Waals surface area contributed by atoms with E-state index < -0.39 is 15.6 Å². The van der Waals surface area contributed by atoms with Crippen LogP contribution in [0, 0.1) is 6.92 Å². The lowest BCUT2D eigenvalue weighted by atomic mass is 9.94. The molecule has 30 heavy (non-hydrogen) atoms. The van der Waals surface area contributed by atoms with Gasteiger partial charge in [-0.25, -0.2) is 8.42 Å². The van der Waals surface area contributed by atoms with Crippen LogP contribution in [0.1, 0.15) is 35.3 Å². The fraction of sp³-hybridized carbons (Fsp3) is 0.208. The molecular formula is C24H26N2O3S. The average Bonchev–Trinajstić information content (AvgIpc) is 2.70. The molecule has 0 saturated carbocycles. The van der Waals surface area contributed by atoms with Gasteiger partial charge in [0.05, 0.1) is 10.6 Å². The molecule has 0 aliphatic heterocycles. The van der Waals surface area contributed by atoms with Crippen molar-refractivity contribution in [3.05, 3.63) is 95.6 Å². The van der Waals surface area contributed by atoms with Crippen molar-refractivity contribution in [2.24, 2.45) is 0 Å². The van der Waals surface area contributed by atoms with Crippen LogP contribution in [0.5, 0.6) is 0 Å². The Kier molecular flexibility index (Phi) is 6.27. The van der Waals surface area contributed by atoms with Crippen molar-refractivity contribution >= 4 is 21.6 Å². The van der Waals surface area contributed by atoms with Crippen LogP contribution in [0.2, 0.25) is 0 Å². The summed E-state index contributed by atoms with van der Waals surface area (Å²) in [4.78, 5) is 13.0. The zero-order valence-electron chi connectivity index (χ0n) is 17.3. The van der Waals surface area contributed by atoms with Crippen LogP contribution < -0.4 is 10.0 Å². The van der Waals surface area contributed by atoms with Gasteiger partial charge in [-0.2, -0.15) is 0 Å². The van der Waals surface area contributed by atoms with Crippen molar-refractivity contribution < 1.29 is 13.2 Å². The van der Waals surface area contributed by atoms with E-state index in [9.17, 15) is 13.2 Å². The van der Waals surface area contributed by atoms with Gasteiger partial charge < -0.3 is 5.32 Å². The topological polar surface area (TPSA) is 75.3 Å². The van der Waals surface area contributed by atoms with Crippen LogP contribution in [-0.2, 0) is 16.4 Å². The summed E-state index contributed by atoms with van der Waals surface area (Å²) in [6.07, 6.45) is 0.679. The summed E-state index contributed by atoms with van der Waals surface area (Å²) >= 11 is 0. The Morgan fingerprint density at radius 2 is 1.50 bits per heavy atom. The molecule has 0 aliphatic rings. The minimum Gasteiger partial charge on any atom is -0.347 e. The van der Waals surface area contributed by atoms with Crippen LogP contribution in [0.3, 0.4) is 0 Å². The van der Waals surface area contributed by atoms with Crippen molar-refractivity contribution in [2.45, 2.75) is 37.6 Å². The number of rotatable bonds is 7. The van der Waals surface area contributed by atoms with Crippen LogP contribution in [0.4, 0.5) is 5.69 Å². The SMILES string of the molecule is Cc1ccc(C(=O)NC(C)(C)Cc2ccccc2)cc1NS(=O)(=O)c1ccccc1. The average molecular weight is 423 g/mol. The third-order valence-electron chi connectivity index (χ3n) is 4.74. The number of carbonyl (C=O) groups excluding carboxylic acids is 1. The van der Waals surface area contributed by atoms with Crippen LogP contribution in [0.25, 0.3) is 0 Å². The number of amides is 1. The number of benzene rings is 3. The van der Waals surface area contributed by atoms with Gasteiger partial charge in [-0.3, -0.25) is 9.52 Å². The fourth-order valence-electron chi connectivity index (χ4n) is 3.21. The maximum Gasteiger partial charge on any atom is 0.261 e. The standard InChI is InChI=1S/C24H26N2O3S/c1-18-14-15-20(16-22(18)26-30(28,29)21-12-8-5-9-13-21)23(27)25-24(2,3)17-19-10-6-4-7-11-19/h4-16,26H,17H2,1-3H3,(H,25,27). The first-order valence-corrected chi connectivity index (χ1v) is 11.2. The Morgan fingerprint density at radius 3 is 2.13 bits per heavy atom. The molecule has 2 N–H and O–H groups in total. The summed E-state index contributed by atoms with van der Waals surface area (Å²) in [6.45, 7) is 5.72. The van der Waals surface area contributed by atoms with Crippen LogP contribution >= 0.6 is 0 Å². The third-order valence-corrected chi connectivity index (χ3v) is 6.12. The molecule has 0 bridgehead atoms. The van der Waals surface area contributed by atoms with E-state index in [1.807, 2.05) is 44.2 Å². The molecule has 0 unspecified atom stereocenters. The number of carbonyl (C=O) groups is 1. The summed E-state index contributed by atoms with van der Waals surface area (Å²) in [5, 5.41) is 3.05. The molecule has 0 saturated heterocycles. The highest BCUT2D eigenvalue weighted by atomic mass is 32.2. The molecule has 0 heterocycles. The highest BCUT2D eigenvalue weighted by Crippen LogP contribution is 2.22. The molecule has 0 aromatic heterocycles. The fourth-order valence-corrected chi connectivity index (χ4v) is 4.35. The summed E-state index contributed by atoms with van der Waals surface area (Å²) in [6, 6.07) is 23.1. The van der Waals surface area contributed by atoms with E-state index in [1.165, 1.54) is 12.1 Å². The maximum atomic E-state index is 12.9. The predicted molar refractivity (Wildman–Crippen MR) is 120 cm³/mol. The third kappa shape index (κ3) is 5.48. The number of aryl methyl sites for hydroxylation is 1. The summed E-state index contributed by atoms with van der Waals surface area (Å²) in [5.41, 5.74) is 2.17. The molecule has 1 amide bonds. The van der Waals surface area contributed by atoms with Gasteiger partial charge >= 0.3 is 0 Å². The van der Waals surface area contributed by atoms with Crippen molar-refractivity contribution in [3.63, 3.8) is 0 Å². The molecule has 3 aromatic rings. The number of nitrogens with one attached hydrogen (secondary N) is 2. The minimum absolute atomic E-state index is 0.170. The first kappa shape index (κ1) is 21.6. The molecule has 3 aromatic carbocycles. The lowest BCUT2D eigenvalue weighted by Gasteiger charge is -2.26. The van der Waals surface area contributed by atoms with Gasteiger partial charge in [0.25, 0.3) is 15.9 Å². The number of sulfonamides is 1. The molecule has 156 valence electrons. The Labute approximate surface area is 178 Å². The Hall–Kier alpha value is -3.12. The largest absolute Gasteiger partial charge is 0.347 e. The van der Waals surface area contributed by atoms with Crippen molar-refractivity contribution in [1.82, 2.24) is 5.32 Å². The number of hydrogen-bond acceptors (Lipinski definition) is 3. The van der Waals surface area contributed by atoms with E-state index in [4.69, 9.17) is 0 Å². The second-order valence-electron chi connectivity index (χ2n) is 7.95. The van der Waals surface area contributed by atoms with E-state index in [-0.39, 0.29) is 10.8 Å². The summed E-state index contributed by atoms with van der Waals surface area (Å²) in [5.74, 6) is -0.254. The van der Waals surface area contributed by atoms with Crippen molar-refractivity contribution in [1.29, 1.82) is 0 Å². The maximum absolute atomic E-state index is 12.9. The minimum atomic E-state index is -3.74. The number of anilines is 1. The monoisotopic (exact) mass is 422 g/mol. The first-order chi connectivity index (χ1) is 14.2.